The highest BCUT2D eigenvalue weighted by Crippen LogP contribution is 2.24. The minimum absolute atomic E-state index is 0.0196. The first-order chi connectivity index (χ1) is 6.24. The molecule has 0 radical (unpaired) electrons. The molecule has 0 spiro atoms. The first-order valence-corrected chi connectivity index (χ1v) is 4.69. The average molecular weight is 188 g/mol. The highest BCUT2D eigenvalue weighted by Gasteiger charge is 2.28. The van der Waals surface area contributed by atoms with E-state index in [1.165, 1.54) is 0 Å². The molecule has 1 rings (SSSR count). The molecule has 4 nitrogen and oxygen atoms in total. The lowest BCUT2D eigenvalue weighted by atomic mass is 9.97. The van der Waals surface area contributed by atoms with Crippen molar-refractivity contribution >= 4 is 5.97 Å². The predicted molar refractivity (Wildman–Crippen MR) is 46.3 cm³/mol. The molecule has 1 N–H and O–H groups in total. The summed E-state index contributed by atoms with van der Waals surface area (Å²) in [6, 6.07) is 0. The summed E-state index contributed by atoms with van der Waals surface area (Å²) >= 11 is 0. The van der Waals surface area contributed by atoms with Gasteiger partial charge in [0.1, 0.15) is 0 Å². The van der Waals surface area contributed by atoms with Gasteiger partial charge in [-0.15, -0.1) is 0 Å². The third-order valence-corrected chi connectivity index (χ3v) is 2.15. The van der Waals surface area contributed by atoms with Crippen LogP contribution in [0, 0.1) is 5.92 Å². The first-order valence-electron chi connectivity index (χ1n) is 4.69. The van der Waals surface area contributed by atoms with Crippen LogP contribution in [0.5, 0.6) is 0 Å². The molecule has 1 saturated heterocycles. The Balaban J connectivity index is 2.41. The van der Waals surface area contributed by atoms with Crippen molar-refractivity contribution in [3.05, 3.63) is 0 Å². The van der Waals surface area contributed by atoms with Gasteiger partial charge >= 0.3 is 5.97 Å². The van der Waals surface area contributed by atoms with Crippen molar-refractivity contribution in [3.63, 3.8) is 0 Å². The molecule has 0 aliphatic carbocycles. The highest BCUT2D eigenvalue weighted by atomic mass is 16.7. The zero-order chi connectivity index (χ0) is 9.68. The molecule has 0 saturated carbocycles. The summed E-state index contributed by atoms with van der Waals surface area (Å²) in [5.74, 6) is -0.758. The Morgan fingerprint density at radius 1 is 1.69 bits per heavy atom. The van der Waals surface area contributed by atoms with Gasteiger partial charge in [-0.1, -0.05) is 0 Å². The fraction of sp³-hybridized carbons (Fsp3) is 0.889. The van der Waals surface area contributed by atoms with Crippen molar-refractivity contribution in [2.75, 3.05) is 13.2 Å². The molecule has 0 aromatic heterocycles. The van der Waals surface area contributed by atoms with Crippen LogP contribution < -0.4 is 0 Å². The van der Waals surface area contributed by atoms with Crippen LogP contribution >= 0.6 is 0 Å². The van der Waals surface area contributed by atoms with Crippen LogP contribution in [-0.4, -0.2) is 30.6 Å². The molecule has 2 unspecified atom stereocenters. The second kappa shape index (κ2) is 5.19. The van der Waals surface area contributed by atoms with E-state index in [0.29, 0.717) is 13.2 Å². The molecule has 13 heavy (non-hydrogen) atoms. The van der Waals surface area contributed by atoms with Crippen molar-refractivity contribution in [2.24, 2.45) is 5.92 Å². The van der Waals surface area contributed by atoms with Crippen molar-refractivity contribution in [3.8, 4) is 0 Å². The number of hydrogen-bond donors (Lipinski definition) is 1. The van der Waals surface area contributed by atoms with Gasteiger partial charge in [0.25, 0.3) is 0 Å². The van der Waals surface area contributed by atoms with Gasteiger partial charge in [-0.2, -0.15) is 0 Å². The van der Waals surface area contributed by atoms with E-state index < -0.39 is 5.97 Å². The maximum Gasteiger partial charge on any atom is 0.303 e. The van der Waals surface area contributed by atoms with Gasteiger partial charge in [0.05, 0.1) is 6.42 Å². The van der Waals surface area contributed by atoms with E-state index >= 15 is 0 Å². The van der Waals surface area contributed by atoms with Crippen LogP contribution in [0.3, 0.4) is 0 Å². The summed E-state index contributed by atoms with van der Waals surface area (Å²) in [5, 5.41) is 8.64. The summed E-state index contributed by atoms with van der Waals surface area (Å²) < 4.78 is 10.7. The molecule has 0 aromatic rings. The number of carboxylic acids is 1. The number of ether oxygens (including phenoxy) is 2. The van der Waals surface area contributed by atoms with Crippen LogP contribution in [0.15, 0.2) is 0 Å². The molecule has 0 amide bonds. The van der Waals surface area contributed by atoms with E-state index in [4.69, 9.17) is 14.6 Å². The Labute approximate surface area is 77.8 Å². The Hall–Kier alpha value is -0.610. The van der Waals surface area contributed by atoms with Gasteiger partial charge in [0.2, 0.25) is 0 Å². The zero-order valence-electron chi connectivity index (χ0n) is 7.86. The lowest BCUT2D eigenvalue weighted by Crippen LogP contribution is -2.33. The number of aliphatic carboxylic acids is 1. The minimum Gasteiger partial charge on any atom is -0.481 e. The lowest BCUT2D eigenvalue weighted by Gasteiger charge is -2.30. The molecule has 1 heterocycles. The zero-order valence-corrected chi connectivity index (χ0v) is 7.86. The molecule has 1 fully saturated rings. The fourth-order valence-electron chi connectivity index (χ4n) is 1.59. The topological polar surface area (TPSA) is 55.8 Å². The van der Waals surface area contributed by atoms with E-state index in [1.54, 1.807) is 0 Å². The largest absolute Gasteiger partial charge is 0.481 e. The van der Waals surface area contributed by atoms with Crippen molar-refractivity contribution in [1.29, 1.82) is 0 Å². The van der Waals surface area contributed by atoms with Gasteiger partial charge in [0, 0.05) is 19.1 Å². The molecule has 0 aromatic carbocycles. The summed E-state index contributed by atoms with van der Waals surface area (Å²) in [7, 11) is 0. The van der Waals surface area contributed by atoms with E-state index in [-0.39, 0.29) is 18.6 Å². The maximum absolute atomic E-state index is 10.5. The van der Waals surface area contributed by atoms with Crippen LogP contribution in [0.2, 0.25) is 0 Å². The molecular formula is C9H16O4. The van der Waals surface area contributed by atoms with Crippen LogP contribution in [0.4, 0.5) is 0 Å². The third kappa shape index (κ3) is 3.32. The Morgan fingerprint density at radius 2 is 2.46 bits per heavy atom. The molecule has 1 aliphatic rings. The van der Waals surface area contributed by atoms with Crippen molar-refractivity contribution < 1.29 is 19.4 Å². The molecule has 0 bridgehead atoms. The lowest BCUT2D eigenvalue weighted by molar-refractivity contribution is -0.194. The molecule has 76 valence electrons. The molecule has 4 heteroatoms. The summed E-state index contributed by atoms with van der Waals surface area (Å²) in [5.41, 5.74) is 0. The first kappa shape index (κ1) is 10.5. The van der Waals surface area contributed by atoms with Gasteiger partial charge in [-0.25, -0.2) is 0 Å². The van der Waals surface area contributed by atoms with Gasteiger partial charge < -0.3 is 14.6 Å². The van der Waals surface area contributed by atoms with Gasteiger partial charge in [-0.3, -0.25) is 4.79 Å². The van der Waals surface area contributed by atoms with Crippen molar-refractivity contribution in [1.82, 2.24) is 0 Å². The Bertz CT molecular complexity index is 167. The molecule has 2 atom stereocenters. The number of hydrogen-bond acceptors (Lipinski definition) is 3. The van der Waals surface area contributed by atoms with E-state index in [2.05, 4.69) is 0 Å². The summed E-state index contributed by atoms with van der Waals surface area (Å²) in [6.07, 6.45) is 1.65. The molecule has 1 aliphatic heterocycles. The summed E-state index contributed by atoms with van der Waals surface area (Å²) in [6.45, 7) is 3.14. The van der Waals surface area contributed by atoms with E-state index in [0.717, 1.165) is 12.8 Å². The number of carboxylic acid groups (broad SMARTS) is 1. The normalized spacial score (nSPS) is 28.7. The third-order valence-electron chi connectivity index (χ3n) is 2.15. The monoisotopic (exact) mass is 188 g/mol. The van der Waals surface area contributed by atoms with Crippen LogP contribution in [0.1, 0.15) is 26.2 Å². The predicted octanol–water partition coefficient (Wildman–Crippen LogP) is 1.25. The minimum atomic E-state index is -0.778. The van der Waals surface area contributed by atoms with E-state index in [9.17, 15) is 4.79 Å². The van der Waals surface area contributed by atoms with Gasteiger partial charge in [0.15, 0.2) is 6.29 Å². The second-order valence-electron chi connectivity index (χ2n) is 3.19. The highest BCUT2D eigenvalue weighted by molar-refractivity contribution is 5.67. The SMILES string of the molecule is CCOC1OCCCC1CC(=O)O. The van der Waals surface area contributed by atoms with E-state index in [1.807, 2.05) is 6.92 Å². The van der Waals surface area contributed by atoms with Crippen molar-refractivity contribution in [2.45, 2.75) is 32.5 Å². The quantitative estimate of drug-likeness (QED) is 0.721. The number of carbonyl (C=O) groups is 1. The van der Waals surface area contributed by atoms with Crippen LogP contribution in [-0.2, 0) is 14.3 Å². The standard InChI is InChI=1S/C9H16O4/c1-2-12-9-7(6-8(10)11)4-3-5-13-9/h7,9H,2-6H2,1H3,(H,10,11). The summed E-state index contributed by atoms with van der Waals surface area (Å²) in [4.78, 5) is 10.5. The average Bonchev–Trinajstić information content (AvgIpc) is 2.08. The van der Waals surface area contributed by atoms with Gasteiger partial charge in [-0.05, 0) is 19.8 Å². The van der Waals surface area contributed by atoms with Crippen LogP contribution in [0.25, 0.3) is 0 Å². The Morgan fingerprint density at radius 3 is 3.08 bits per heavy atom. The maximum atomic E-state index is 10.5. The number of rotatable bonds is 4. The fourth-order valence-corrected chi connectivity index (χ4v) is 1.59. The second-order valence-corrected chi connectivity index (χ2v) is 3.19. The smallest absolute Gasteiger partial charge is 0.303 e. The Kier molecular flexibility index (Phi) is 4.18. The molecular weight excluding hydrogens is 172 g/mol.